The quantitative estimate of drug-likeness (QED) is 0.827. The zero-order chi connectivity index (χ0) is 11.5. The molecule has 0 saturated carbocycles. The van der Waals surface area contributed by atoms with Crippen LogP contribution in [0.15, 0.2) is 18.2 Å². The van der Waals surface area contributed by atoms with E-state index in [1.807, 2.05) is 12.1 Å². The molecule has 1 N–H and O–H groups in total. The summed E-state index contributed by atoms with van der Waals surface area (Å²) in [6, 6.07) is 5.60. The summed E-state index contributed by atoms with van der Waals surface area (Å²) in [4.78, 5) is 0. The van der Waals surface area contributed by atoms with Gasteiger partial charge in [0, 0.05) is 12.6 Å². The molecule has 0 spiro atoms. The summed E-state index contributed by atoms with van der Waals surface area (Å²) in [6.07, 6.45) is 0.841. The van der Waals surface area contributed by atoms with Gasteiger partial charge in [0.2, 0.25) is 0 Å². The van der Waals surface area contributed by atoms with Crippen molar-refractivity contribution in [2.75, 3.05) is 11.9 Å². The van der Waals surface area contributed by atoms with Crippen molar-refractivity contribution in [3.05, 3.63) is 34.9 Å². The molecule has 2 nitrogen and oxygen atoms in total. The van der Waals surface area contributed by atoms with E-state index in [0.717, 1.165) is 12.1 Å². The van der Waals surface area contributed by atoms with Crippen LogP contribution in [0.1, 0.15) is 6.42 Å². The van der Waals surface area contributed by atoms with Gasteiger partial charge in [-0.25, -0.2) is 0 Å². The van der Waals surface area contributed by atoms with Crippen molar-refractivity contribution in [1.82, 2.24) is 0 Å². The summed E-state index contributed by atoms with van der Waals surface area (Å²) in [5, 5.41) is 4.18. The molecule has 0 aliphatic carbocycles. The van der Waals surface area contributed by atoms with E-state index in [-0.39, 0.29) is 11.4 Å². The van der Waals surface area contributed by atoms with Gasteiger partial charge in [0.15, 0.2) is 0 Å². The van der Waals surface area contributed by atoms with Crippen LogP contribution in [0.3, 0.4) is 0 Å². The van der Waals surface area contributed by atoms with Gasteiger partial charge in [-0.2, -0.15) is 0 Å². The largest absolute Gasteiger partial charge is 0.379 e. The van der Waals surface area contributed by atoms with Gasteiger partial charge < -0.3 is 10.1 Å². The minimum atomic E-state index is -0.163. The van der Waals surface area contributed by atoms with Crippen molar-refractivity contribution in [2.24, 2.45) is 0 Å². The van der Waals surface area contributed by atoms with Gasteiger partial charge in [-0.05, 0) is 18.6 Å². The Morgan fingerprint density at radius 1 is 1.31 bits per heavy atom. The van der Waals surface area contributed by atoms with Crippen molar-refractivity contribution in [3.63, 3.8) is 0 Å². The molecule has 1 heterocycles. The predicted octanol–water partition coefficient (Wildman–Crippen LogP) is 3.96. The molecular weight excluding hydrogens is 268 g/mol. The number of benzene rings is 1. The lowest BCUT2D eigenvalue weighted by Gasteiger charge is -2.28. The third kappa shape index (κ3) is 2.75. The van der Waals surface area contributed by atoms with Gasteiger partial charge in [-0.15, -0.1) is 11.6 Å². The zero-order valence-electron chi connectivity index (χ0n) is 8.42. The van der Waals surface area contributed by atoms with Crippen molar-refractivity contribution >= 4 is 40.5 Å². The highest BCUT2D eigenvalue weighted by atomic mass is 35.5. The van der Waals surface area contributed by atoms with E-state index in [1.54, 1.807) is 12.7 Å². The van der Waals surface area contributed by atoms with E-state index in [9.17, 15) is 0 Å². The highest BCUT2D eigenvalue weighted by Gasteiger charge is 2.24. The number of halogens is 3. The maximum absolute atomic E-state index is 6.11. The van der Waals surface area contributed by atoms with Crippen LogP contribution < -0.4 is 5.32 Å². The first kappa shape index (κ1) is 12.3. The summed E-state index contributed by atoms with van der Waals surface area (Å²) < 4.78 is 5.15. The van der Waals surface area contributed by atoms with Gasteiger partial charge in [0.25, 0.3) is 0 Å². The number of anilines is 1. The Morgan fingerprint density at radius 2 is 2.12 bits per heavy atom. The maximum atomic E-state index is 6.11. The lowest BCUT2D eigenvalue weighted by atomic mass is 10.1. The molecule has 1 radical (unpaired) electrons. The molecular formula is C11H11Cl3NO. The zero-order valence-corrected chi connectivity index (χ0v) is 10.7. The Kier molecular flexibility index (Phi) is 4.20. The minimum Gasteiger partial charge on any atom is -0.379 e. The highest BCUT2D eigenvalue weighted by Crippen LogP contribution is 2.31. The molecule has 0 aromatic heterocycles. The normalized spacial score (nSPS) is 25.4. The van der Waals surface area contributed by atoms with E-state index < -0.39 is 0 Å². The molecule has 0 bridgehead atoms. The van der Waals surface area contributed by atoms with Crippen LogP contribution in [0.25, 0.3) is 0 Å². The molecule has 1 aromatic carbocycles. The summed E-state index contributed by atoms with van der Waals surface area (Å²) in [7, 11) is 0. The van der Waals surface area contributed by atoms with Crippen LogP contribution in [0.5, 0.6) is 0 Å². The molecule has 87 valence electrons. The molecule has 1 aromatic rings. The third-order valence-electron chi connectivity index (χ3n) is 2.45. The lowest BCUT2D eigenvalue weighted by Crippen LogP contribution is -2.36. The molecule has 1 saturated heterocycles. The van der Waals surface area contributed by atoms with Crippen molar-refractivity contribution in [1.29, 1.82) is 0 Å². The Morgan fingerprint density at radius 3 is 2.88 bits per heavy atom. The lowest BCUT2D eigenvalue weighted by molar-refractivity contribution is 0.151. The fourth-order valence-electron chi connectivity index (χ4n) is 1.58. The summed E-state index contributed by atoms with van der Waals surface area (Å²) >= 11 is 18.1. The van der Waals surface area contributed by atoms with E-state index >= 15 is 0 Å². The molecule has 1 fully saturated rings. The Bertz CT molecular complexity index is 372. The average Bonchev–Trinajstić information content (AvgIpc) is 2.28. The fourth-order valence-corrected chi connectivity index (χ4v) is 2.19. The van der Waals surface area contributed by atoms with E-state index in [4.69, 9.17) is 39.5 Å². The van der Waals surface area contributed by atoms with Crippen LogP contribution in [-0.2, 0) is 4.74 Å². The van der Waals surface area contributed by atoms with Crippen LogP contribution >= 0.6 is 34.8 Å². The second-order valence-electron chi connectivity index (χ2n) is 3.59. The topological polar surface area (TPSA) is 21.3 Å². The standard InChI is InChI=1S/C11H11Cl3NO/c12-7-2-1-3-10(11(7)14)15-9-4-5-16-6-8(9)13/h1-3,6,8-9,15H,4-5H2. The molecule has 16 heavy (non-hydrogen) atoms. The van der Waals surface area contributed by atoms with Crippen LogP contribution in [-0.4, -0.2) is 18.0 Å². The highest BCUT2D eigenvalue weighted by molar-refractivity contribution is 6.43. The van der Waals surface area contributed by atoms with Crippen LogP contribution in [0, 0.1) is 6.61 Å². The van der Waals surface area contributed by atoms with Gasteiger partial charge >= 0.3 is 0 Å². The fraction of sp³-hybridized carbons (Fsp3) is 0.364. The second kappa shape index (κ2) is 5.46. The Hall–Kier alpha value is -0.150. The van der Waals surface area contributed by atoms with Gasteiger partial charge in [0.05, 0.1) is 21.1 Å². The van der Waals surface area contributed by atoms with Crippen molar-refractivity contribution in [2.45, 2.75) is 17.8 Å². The summed E-state index contributed by atoms with van der Waals surface area (Å²) in [5.41, 5.74) is 0.806. The molecule has 2 rings (SSSR count). The van der Waals surface area contributed by atoms with E-state index in [1.165, 1.54) is 0 Å². The summed E-state index contributed by atoms with van der Waals surface area (Å²) in [5.74, 6) is 0. The number of hydrogen-bond acceptors (Lipinski definition) is 2. The van der Waals surface area contributed by atoms with Gasteiger partial charge in [-0.1, -0.05) is 29.3 Å². The van der Waals surface area contributed by atoms with Gasteiger partial charge in [-0.3, -0.25) is 0 Å². The van der Waals surface area contributed by atoms with Crippen molar-refractivity contribution in [3.8, 4) is 0 Å². The molecule has 1 aliphatic heterocycles. The first-order valence-electron chi connectivity index (χ1n) is 4.98. The van der Waals surface area contributed by atoms with Crippen LogP contribution in [0.4, 0.5) is 5.69 Å². The smallest absolute Gasteiger partial charge is 0.103 e. The first-order chi connectivity index (χ1) is 7.68. The summed E-state index contributed by atoms with van der Waals surface area (Å²) in [6.45, 7) is 2.31. The molecule has 2 unspecified atom stereocenters. The maximum Gasteiger partial charge on any atom is 0.103 e. The Balaban J connectivity index is 2.10. The molecule has 5 heteroatoms. The average molecular weight is 280 g/mol. The predicted molar refractivity (Wildman–Crippen MR) is 68.4 cm³/mol. The van der Waals surface area contributed by atoms with E-state index in [2.05, 4.69) is 5.32 Å². The number of rotatable bonds is 2. The molecule has 1 aliphatic rings. The monoisotopic (exact) mass is 278 g/mol. The SMILES string of the molecule is Clc1cccc(NC2CCO[CH]C2Cl)c1Cl. The first-order valence-corrected chi connectivity index (χ1v) is 6.17. The second-order valence-corrected chi connectivity index (χ2v) is 4.88. The number of alkyl halides is 1. The molecule has 0 amide bonds. The Labute approximate surface area is 110 Å². The van der Waals surface area contributed by atoms with Crippen LogP contribution in [0.2, 0.25) is 10.0 Å². The minimum absolute atomic E-state index is 0.117. The molecule has 2 atom stereocenters. The third-order valence-corrected chi connectivity index (χ3v) is 3.68. The number of nitrogens with one attached hydrogen (secondary N) is 1. The van der Waals surface area contributed by atoms with Gasteiger partial charge in [0.1, 0.15) is 6.61 Å². The van der Waals surface area contributed by atoms with Crippen molar-refractivity contribution < 1.29 is 4.74 Å². The number of hydrogen-bond donors (Lipinski definition) is 1. The van der Waals surface area contributed by atoms with E-state index in [0.29, 0.717) is 16.7 Å². The number of ether oxygens (including phenoxy) is 1.